The normalized spacial score (nSPS) is 16.4. The van der Waals surface area contributed by atoms with E-state index in [1.165, 1.54) is 38.3 Å². The van der Waals surface area contributed by atoms with Crippen LogP contribution in [0.25, 0.3) is 0 Å². The van der Waals surface area contributed by atoms with E-state index in [1.807, 2.05) is 0 Å². The largest absolute Gasteiger partial charge is 0.356 e. The molecule has 118 valence electrons. The summed E-state index contributed by atoms with van der Waals surface area (Å²) in [6.45, 7) is 5.95. The third kappa shape index (κ3) is 4.67. The topological polar surface area (TPSA) is 28.2 Å². The Morgan fingerprint density at radius 1 is 1.33 bits per heavy atom. The summed E-state index contributed by atoms with van der Waals surface area (Å²) < 4.78 is 13.5. The van der Waals surface area contributed by atoms with Crippen LogP contribution in [0.3, 0.4) is 0 Å². The van der Waals surface area contributed by atoms with Gasteiger partial charge < -0.3 is 10.2 Å². The maximum atomic E-state index is 13.5. The first-order chi connectivity index (χ1) is 10.1. The summed E-state index contributed by atoms with van der Waals surface area (Å²) in [4.78, 5) is 6.62. The summed E-state index contributed by atoms with van der Waals surface area (Å²) in [6.07, 6.45) is 7.68. The summed E-state index contributed by atoms with van der Waals surface area (Å²) in [7, 11) is 2.10. The van der Waals surface area contributed by atoms with Gasteiger partial charge in [0.2, 0.25) is 0 Å². The maximum absolute atomic E-state index is 13.5. The highest BCUT2D eigenvalue weighted by Crippen LogP contribution is 2.27. The molecule has 1 aromatic rings. The monoisotopic (exact) mass is 293 g/mol. The van der Waals surface area contributed by atoms with Crippen LogP contribution in [0.5, 0.6) is 0 Å². The lowest BCUT2D eigenvalue weighted by molar-refractivity contribution is 0.424. The molecule has 0 saturated heterocycles. The van der Waals surface area contributed by atoms with Crippen molar-refractivity contribution in [1.82, 2.24) is 10.3 Å². The number of pyridine rings is 1. The number of halogens is 1. The molecule has 1 saturated carbocycles. The zero-order valence-corrected chi connectivity index (χ0v) is 13.5. The van der Waals surface area contributed by atoms with Crippen LogP contribution in [0.2, 0.25) is 0 Å². The van der Waals surface area contributed by atoms with E-state index in [0.717, 1.165) is 17.9 Å². The molecule has 0 radical (unpaired) electrons. The first kappa shape index (κ1) is 16.2. The van der Waals surface area contributed by atoms with Gasteiger partial charge in [0.15, 0.2) is 0 Å². The Balaban J connectivity index is 2.09. The van der Waals surface area contributed by atoms with Crippen LogP contribution in [-0.2, 0) is 6.54 Å². The van der Waals surface area contributed by atoms with Crippen molar-refractivity contribution >= 4 is 5.82 Å². The third-order valence-corrected chi connectivity index (χ3v) is 4.23. The Labute approximate surface area is 127 Å². The molecular weight excluding hydrogens is 265 g/mol. The molecule has 3 nitrogen and oxygen atoms in total. The quantitative estimate of drug-likeness (QED) is 0.866. The molecule has 0 unspecified atom stereocenters. The molecule has 4 heteroatoms. The van der Waals surface area contributed by atoms with Gasteiger partial charge in [-0.05, 0) is 31.4 Å². The van der Waals surface area contributed by atoms with Crippen molar-refractivity contribution < 1.29 is 4.39 Å². The lowest BCUT2D eigenvalue weighted by Gasteiger charge is -2.33. The maximum Gasteiger partial charge on any atom is 0.141 e. The smallest absolute Gasteiger partial charge is 0.141 e. The fraction of sp³-hybridized carbons (Fsp3) is 0.706. The van der Waals surface area contributed by atoms with E-state index in [-0.39, 0.29) is 5.82 Å². The van der Waals surface area contributed by atoms with Gasteiger partial charge in [-0.1, -0.05) is 33.1 Å². The van der Waals surface area contributed by atoms with Crippen LogP contribution >= 0.6 is 0 Å². The Kier molecular flexibility index (Phi) is 5.97. The highest BCUT2D eigenvalue weighted by Gasteiger charge is 2.21. The SMILES string of the molecule is CC(C)CNCc1cc(F)cnc1N(C)C1CCCCC1. The zero-order chi connectivity index (χ0) is 15.2. The van der Waals surface area contributed by atoms with Gasteiger partial charge in [0.25, 0.3) is 0 Å². The minimum Gasteiger partial charge on any atom is -0.356 e. The van der Waals surface area contributed by atoms with Crippen molar-refractivity contribution in [3.63, 3.8) is 0 Å². The second kappa shape index (κ2) is 7.74. The lowest BCUT2D eigenvalue weighted by Crippen LogP contribution is -2.35. The molecule has 0 bridgehead atoms. The Hall–Kier alpha value is -1.16. The minimum atomic E-state index is -0.253. The van der Waals surface area contributed by atoms with Crippen molar-refractivity contribution in [3.8, 4) is 0 Å². The fourth-order valence-corrected chi connectivity index (χ4v) is 3.06. The molecule has 0 spiro atoms. The van der Waals surface area contributed by atoms with E-state index in [0.29, 0.717) is 18.5 Å². The molecule has 0 aromatic carbocycles. The summed E-state index contributed by atoms with van der Waals surface area (Å²) in [5, 5.41) is 3.39. The molecule has 2 rings (SSSR count). The number of hydrogen-bond donors (Lipinski definition) is 1. The molecule has 1 aliphatic rings. The average molecular weight is 293 g/mol. The Morgan fingerprint density at radius 2 is 2.05 bits per heavy atom. The lowest BCUT2D eigenvalue weighted by atomic mass is 9.94. The molecule has 1 N–H and O–H groups in total. The molecule has 1 aliphatic carbocycles. The number of nitrogens with zero attached hydrogens (tertiary/aromatic N) is 2. The van der Waals surface area contributed by atoms with E-state index in [4.69, 9.17) is 0 Å². The summed E-state index contributed by atoms with van der Waals surface area (Å²) in [5.41, 5.74) is 0.962. The zero-order valence-electron chi connectivity index (χ0n) is 13.5. The summed E-state index contributed by atoms with van der Waals surface area (Å²) >= 11 is 0. The molecule has 1 heterocycles. The van der Waals surface area contributed by atoms with E-state index in [9.17, 15) is 4.39 Å². The average Bonchev–Trinajstić information content (AvgIpc) is 2.47. The van der Waals surface area contributed by atoms with E-state index < -0.39 is 0 Å². The van der Waals surface area contributed by atoms with Crippen LogP contribution in [0.4, 0.5) is 10.2 Å². The van der Waals surface area contributed by atoms with Crippen LogP contribution in [0.1, 0.15) is 51.5 Å². The molecule has 1 fully saturated rings. The predicted octanol–water partition coefficient (Wildman–Crippen LogP) is 3.74. The van der Waals surface area contributed by atoms with Crippen LogP contribution in [-0.4, -0.2) is 24.6 Å². The Morgan fingerprint density at radius 3 is 2.71 bits per heavy atom. The minimum absolute atomic E-state index is 0.253. The number of aromatic nitrogens is 1. The van der Waals surface area contributed by atoms with Crippen LogP contribution in [0.15, 0.2) is 12.3 Å². The Bertz CT molecular complexity index is 442. The van der Waals surface area contributed by atoms with E-state index in [2.05, 4.69) is 36.1 Å². The van der Waals surface area contributed by atoms with Gasteiger partial charge in [0, 0.05) is 25.2 Å². The van der Waals surface area contributed by atoms with Crippen molar-refractivity contribution in [3.05, 3.63) is 23.6 Å². The number of hydrogen-bond acceptors (Lipinski definition) is 3. The first-order valence-corrected chi connectivity index (χ1v) is 8.16. The van der Waals surface area contributed by atoms with Gasteiger partial charge in [0.05, 0.1) is 6.20 Å². The van der Waals surface area contributed by atoms with E-state index >= 15 is 0 Å². The van der Waals surface area contributed by atoms with Gasteiger partial charge in [-0.2, -0.15) is 0 Å². The standard InChI is InChI=1S/C17H28FN3/c1-13(2)10-19-11-14-9-15(18)12-20-17(14)21(3)16-7-5-4-6-8-16/h9,12-13,16,19H,4-8,10-11H2,1-3H3. The third-order valence-electron chi connectivity index (χ3n) is 4.23. The molecule has 21 heavy (non-hydrogen) atoms. The summed E-state index contributed by atoms with van der Waals surface area (Å²) in [5.74, 6) is 1.27. The second-order valence-electron chi connectivity index (χ2n) is 6.56. The van der Waals surface area contributed by atoms with Crippen LogP contribution in [0, 0.1) is 11.7 Å². The molecule has 0 amide bonds. The van der Waals surface area contributed by atoms with Crippen molar-refractivity contribution in [1.29, 1.82) is 0 Å². The molecular formula is C17H28FN3. The van der Waals surface area contributed by atoms with Crippen LogP contribution < -0.4 is 10.2 Å². The molecule has 0 aliphatic heterocycles. The van der Waals surface area contributed by atoms with Crippen molar-refractivity contribution in [2.24, 2.45) is 5.92 Å². The predicted molar refractivity (Wildman–Crippen MR) is 86.0 cm³/mol. The van der Waals surface area contributed by atoms with Gasteiger partial charge in [-0.25, -0.2) is 9.37 Å². The number of rotatable bonds is 6. The first-order valence-electron chi connectivity index (χ1n) is 8.16. The molecule has 0 atom stereocenters. The fourth-order valence-electron chi connectivity index (χ4n) is 3.06. The number of nitrogens with one attached hydrogen (secondary N) is 1. The van der Waals surface area contributed by atoms with E-state index in [1.54, 1.807) is 6.07 Å². The van der Waals surface area contributed by atoms with Crippen molar-refractivity contribution in [2.75, 3.05) is 18.5 Å². The highest BCUT2D eigenvalue weighted by molar-refractivity contribution is 5.47. The summed E-state index contributed by atoms with van der Waals surface area (Å²) in [6, 6.07) is 2.16. The van der Waals surface area contributed by atoms with Gasteiger partial charge >= 0.3 is 0 Å². The number of anilines is 1. The second-order valence-corrected chi connectivity index (χ2v) is 6.56. The van der Waals surface area contributed by atoms with Crippen molar-refractivity contribution in [2.45, 2.75) is 58.5 Å². The van der Waals surface area contributed by atoms with Gasteiger partial charge in [-0.15, -0.1) is 0 Å². The van der Waals surface area contributed by atoms with Gasteiger partial charge in [-0.3, -0.25) is 0 Å². The molecule has 1 aromatic heterocycles. The van der Waals surface area contributed by atoms with Gasteiger partial charge in [0.1, 0.15) is 11.6 Å². The highest BCUT2D eigenvalue weighted by atomic mass is 19.1.